The van der Waals surface area contributed by atoms with E-state index >= 15 is 0 Å². The molecule has 1 aliphatic rings. The molecule has 0 aliphatic heterocycles. The van der Waals surface area contributed by atoms with E-state index in [0.717, 1.165) is 17.0 Å². The van der Waals surface area contributed by atoms with Crippen LogP contribution < -0.4 is 5.32 Å². The van der Waals surface area contributed by atoms with E-state index in [1.54, 1.807) is 0 Å². The van der Waals surface area contributed by atoms with E-state index in [2.05, 4.69) is 10.3 Å². The Bertz CT molecular complexity index is 380. The van der Waals surface area contributed by atoms with Crippen LogP contribution in [0, 0.1) is 13.8 Å². The highest BCUT2D eigenvalue weighted by Gasteiger charge is 2.21. The monoisotopic (exact) mass is 222 g/mol. The Balaban J connectivity index is 1.73. The van der Waals surface area contributed by atoms with E-state index in [9.17, 15) is 4.79 Å². The Hall–Kier alpha value is -1.29. The van der Waals surface area contributed by atoms with Gasteiger partial charge in [-0.3, -0.25) is 4.79 Å². The van der Waals surface area contributed by atoms with Gasteiger partial charge in [-0.2, -0.15) is 0 Å². The van der Waals surface area contributed by atoms with Crippen molar-refractivity contribution in [2.75, 3.05) is 6.54 Å². The highest BCUT2D eigenvalue weighted by molar-refractivity contribution is 5.71. The smallest absolute Gasteiger partial charge is 0.320 e. The van der Waals surface area contributed by atoms with Crippen molar-refractivity contribution in [2.24, 2.45) is 0 Å². The first-order valence-corrected chi connectivity index (χ1v) is 5.69. The molecule has 1 aromatic rings. The van der Waals surface area contributed by atoms with Crippen LogP contribution in [0.4, 0.5) is 0 Å². The van der Waals surface area contributed by atoms with Gasteiger partial charge in [0, 0.05) is 23.0 Å². The number of rotatable bonds is 5. The molecule has 16 heavy (non-hydrogen) atoms. The fraction of sp³-hybridized carbons (Fsp3) is 0.583. The molecule has 1 aliphatic carbocycles. The minimum Gasteiger partial charge on any atom is -0.460 e. The van der Waals surface area contributed by atoms with Crippen molar-refractivity contribution in [2.45, 2.75) is 39.3 Å². The quantitative estimate of drug-likeness (QED) is 0.741. The third-order valence-corrected chi connectivity index (χ3v) is 2.76. The van der Waals surface area contributed by atoms with Crippen LogP contribution in [0.15, 0.2) is 6.07 Å². The molecule has 2 rings (SSSR count). The summed E-state index contributed by atoms with van der Waals surface area (Å²) in [5, 5.41) is 3.13. The van der Waals surface area contributed by atoms with Crippen molar-refractivity contribution in [1.82, 2.24) is 10.3 Å². The lowest BCUT2D eigenvalue weighted by molar-refractivity contribution is -0.143. The number of esters is 1. The number of ether oxygens (including phenoxy) is 1. The molecular weight excluding hydrogens is 204 g/mol. The molecule has 88 valence electrons. The molecule has 0 saturated heterocycles. The molecule has 0 amide bonds. The van der Waals surface area contributed by atoms with Gasteiger partial charge in [-0.25, -0.2) is 0 Å². The zero-order valence-electron chi connectivity index (χ0n) is 9.80. The van der Waals surface area contributed by atoms with Crippen LogP contribution >= 0.6 is 0 Å². The van der Waals surface area contributed by atoms with Gasteiger partial charge in [0.1, 0.15) is 6.61 Å². The van der Waals surface area contributed by atoms with E-state index in [4.69, 9.17) is 4.74 Å². The zero-order chi connectivity index (χ0) is 11.5. The normalized spacial score (nSPS) is 15.1. The fourth-order valence-corrected chi connectivity index (χ4v) is 1.66. The van der Waals surface area contributed by atoms with E-state index in [1.807, 2.05) is 19.9 Å². The number of carbonyl (C=O) groups excluding carboxylic acids is 1. The summed E-state index contributed by atoms with van der Waals surface area (Å²) in [6.07, 6.45) is 2.37. The van der Waals surface area contributed by atoms with Gasteiger partial charge in [0.05, 0.1) is 6.54 Å². The van der Waals surface area contributed by atoms with Crippen LogP contribution in [0.2, 0.25) is 0 Å². The maximum atomic E-state index is 11.4. The summed E-state index contributed by atoms with van der Waals surface area (Å²) in [6.45, 7) is 4.67. The van der Waals surface area contributed by atoms with Crippen molar-refractivity contribution >= 4 is 5.97 Å². The van der Waals surface area contributed by atoms with Crippen LogP contribution in [0.25, 0.3) is 0 Å². The molecule has 0 unspecified atom stereocenters. The minimum absolute atomic E-state index is 0.176. The number of H-pyrrole nitrogens is 1. The first kappa shape index (κ1) is 11.2. The second-order valence-electron chi connectivity index (χ2n) is 4.42. The second-order valence-corrected chi connectivity index (χ2v) is 4.42. The summed E-state index contributed by atoms with van der Waals surface area (Å²) in [6, 6.07) is 2.56. The maximum Gasteiger partial charge on any atom is 0.320 e. The van der Waals surface area contributed by atoms with Crippen molar-refractivity contribution in [3.05, 3.63) is 23.0 Å². The third-order valence-electron chi connectivity index (χ3n) is 2.76. The van der Waals surface area contributed by atoms with Crippen LogP contribution in [-0.4, -0.2) is 23.5 Å². The number of aryl methyl sites for hydroxylation is 2. The van der Waals surface area contributed by atoms with Gasteiger partial charge in [0.15, 0.2) is 0 Å². The molecule has 0 atom stereocenters. The highest BCUT2D eigenvalue weighted by Crippen LogP contribution is 2.18. The fourth-order valence-electron chi connectivity index (χ4n) is 1.66. The Morgan fingerprint density at radius 1 is 1.56 bits per heavy atom. The molecule has 0 radical (unpaired) electrons. The van der Waals surface area contributed by atoms with E-state index < -0.39 is 0 Å². The molecule has 2 N–H and O–H groups in total. The summed E-state index contributed by atoms with van der Waals surface area (Å²) in [4.78, 5) is 14.6. The first-order chi connectivity index (χ1) is 7.65. The number of aromatic nitrogens is 1. The molecule has 1 heterocycles. The number of carbonyl (C=O) groups is 1. The number of nitrogens with one attached hydrogen (secondary N) is 2. The zero-order valence-corrected chi connectivity index (χ0v) is 9.80. The van der Waals surface area contributed by atoms with Gasteiger partial charge in [0.2, 0.25) is 0 Å². The van der Waals surface area contributed by atoms with Gasteiger partial charge in [-0.05, 0) is 32.8 Å². The summed E-state index contributed by atoms with van der Waals surface area (Å²) in [7, 11) is 0. The number of hydrogen-bond acceptors (Lipinski definition) is 3. The molecule has 0 spiro atoms. The van der Waals surface area contributed by atoms with Gasteiger partial charge in [0.25, 0.3) is 0 Å². The van der Waals surface area contributed by atoms with Crippen LogP contribution in [0.3, 0.4) is 0 Å². The molecular formula is C12H18N2O2. The largest absolute Gasteiger partial charge is 0.460 e. The van der Waals surface area contributed by atoms with E-state index in [-0.39, 0.29) is 5.97 Å². The van der Waals surface area contributed by atoms with Crippen LogP contribution in [-0.2, 0) is 16.1 Å². The molecule has 0 aromatic carbocycles. The molecule has 1 aromatic heterocycles. The van der Waals surface area contributed by atoms with Crippen molar-refractivity contribution in [3.63, 3.8) is 0 Å². The van der Waals surface area contributed by atoms with Crippen molar-refractivity contribution in [1.29, 1.82) is 0 Å². The lowest BCUT2D eigenvalue weighted by Crippen LogP contribution is -2.26. The first-order valence-electron chi connectivity index (χ1n) is 5.69. The Morgan fingerprint density at radius 3 is 2.88 bits per heavy atom. The lowest BCUT2D eigenvalue weighted by atomic mass is 10.2. The summed E-state index contributed by atoms with van der Waals surface area (Å²) < 4.78 is 5.18. The topological polar surface area (TPSA) is 54.1 Å². The Labute approximate surface area is 95.4 Å². The summed E-state index contributed by atoms with van der Waals surface area (Å²) >= 11 is 0. The minimum atomic E-state index is -0.176. The molecule has 4 nitrogen and oxygen atoms in total. The predicted octanol–water partition coefficient (Wildman–Crippen LogP) is 1.43. The van der Waals surface area contributed by atoms with Gasteiger partial charge >= 0.3 is 5.97 Å². The summed E-state index contributed by atoms with van der Waals surface area (Å²) in [5.74, 6) is -0.176. The molecule has 4 heteroatoms. The highest BCUT2D eigenvalue weighted by atomic mass is 16.5. The van der Waals surface area contributed by atoms with Gasteiger partial charge in [-0.15, -0.1) is 0 Å². The number of aromatic amines is 1. The summed E-state index contributed by atoms with van der Waals surface area (Å²) in [5.41, 5.74) is 3.22. The molecule has 0 bridgehead atoms. The van der Waals surface area contributed by atoms with Crippen LogP contribution in [0.5, 0.6) is 0 Å². The lowest BCUT2D eigenvalue weighted by Gasteiger charge is -2.05. The second kappa shape index (κ2) is 4.70. The Kier molecular flexibility index (Phi) is 3.29. The van der Waals surface area contributed by atoms with Gasteiger partial charge in [-0.1, -0.05) is 0 Å². The standard InChI is InChI=1S/C12H18N2O2/c1-8-5-10(9(2)14-8)7-16-12(15)6-13-11-3-4-11/h5,11,13-14H,3-4,6-7H2,1-2H3. The van der Waals surface area contributed by atoms with Crippen LogP contribution in [0.1, 0.15) is 29.8 Å². The molecule has 1 saturated carbocycles. The maximum absolute atomic E-state index is 11.4. The average molecular weight is 222 g/mol. The number of hydrogen-bond donors (Lipinski definition) is 2. The van der Waals surface area contributed by atoms with E-state index in [0.29, 0.717) is 19.2 Å². The average Bonchev–Trinajstić information content (AvgIpc) is 2.99. The predicted molar refractivity (Wildman–Crippen MR) is 61.1 cm³/mol. The van der Waals surface area contributed by atoms with Gasteiger partial charge < -0.3 is 15.0 Å². The third kappa shape index (κ3) is 3.10. The van der Waals surface area contributed by atoms with Crippen molar-refractivity contribution in [3.8, 4) is 0 Å². The van der Waals surface area contributed by atoms with E-state index in [1.165, 1.54) is 12.8 Å². The van der Waals surface area contributed by atoms with Crippen molar-refractivity contribution < 1.29 is 9.53 Å². The SMILES string of the molecule is Cc1cc(COC(=O)CNC2CC2)c(C)[nH]1. The Morgan fingerprint density at radius 2 is 2.31 bits per heavy atom. The molecule has 1 fully saturated rings.